The van der Waals surface area contributed by atoms with Crippen LogP contribution in [0.4, 0.5) is 0 Å². The highest BCUT2D eigenvalue weighted by atomic mass is 32.1. The van der Waals surface area contributed by atoms with Crippen molar-refractivity contribution in [3.8, 4) is 11.3 Å². The number of aromatic nitrogens is 1. The minimum Gasteiger partial charge on any atom is -0.480 e. The number of carboxylic acids is 1. The molecular weight excluding hydrogens is 288 g/mol. The van der Waals surface area contributed by atoms with Crippen molar-refractivity contribution in [2.45, 2.75) is 18.9 Å². The zero-order valence-electron chi connectivity index (χ0n) is 11.2. The molecule has 1 aliphatic rings. The van der Waals surface area contributed by atoms with Gasteiger partial charge in [0, 0.05) is 12.1 Å². The van der Waals surface area contributed by atoms with Crippen LogP contribution in [0, 0.1) is 0 Å². The van der Waals surface area contributed by atoms with Crippen LogP contribution in [0.2, 0.25) is 0 Å². The smallest absolute Gasteiger partial charge is 0.326 e. The molecule has 1 aliphatic heterocycles. The quantitative estimate of drug-likeness (QED) is 0.945. The van der Waals surface area contributed by atoms with E-state index >= 15 is 0 Å². The monoisotopic (exact) mass is 302 g/mol. The molecule has 0 unspecified atom stereocenters. The highest BCUT2D eigenvalue weighted by Crippen LogP contribution is 2.26. The molecule has 1 fully saturated rings. The average Bonchev–Trinajstić information content (AvgIpc) is 3.17. The fourth-order valence-electron chi connectivity index (χ4n) is 2.53. The van der Waals surface area contributed by atoms with Gasteiger partial charge in [-0.15, -0.1) is 0 Å². The number of rotatable bonds is 3. The van der Waals surface area contributed by atoms with Crippen molar-refractivity contribution in [3.05, 3.63) is 41.3 Å². The maximum Gasteiger partial charge on any atom is 0.326 e. The Kier molecular flexibility index (Phi) is 3.70. The van der Waals surface area contributed by atoms with E-state index in [1.165, 1.54) is 4.90 Å². The molecule has 1 atom stereocenters. The van der Waals surface area contributed by atoms with E-state index in [2.05, 4.69) is 4.37 Å². The predicted octanol–water partition coefficient (Wildman–Crippen LogP) is 2.50. The maximum absolute atomic E-state index is 12.4. The second-order valence-electron chi connectivity index (χ2n) is 4.94. The second kappa shape index (κ2) is 5.65. The molecule has 108 valence electrons. The van der Waals surface area contributed by atoms with Crippen LogP contribution >= 0.6 is 11.5 Å². The highest BCUT2D eigenvalue weighted by molar-refractivity contribution is 7.08. The van der Waals surface area contributed by atoms with E-state index in [4.69, 9.17) is 5.11 Å². The number of carbonyl (C=O) groups excluding carboxylic acids is 1. The van der Waals surface area contributed by atoms with Crippen molar-refractivity contribution in [2.24, 2.45) is 0 Å². The molecule has 1 saturated heterocycles. The van der Waals surface area contributed by atoms with Crippen LogP contribution in [0.15, 0.2) is 36.4 Å². The Morgan fingerprint density at radius 1 is 1.29 bits per heavy atom. The summed E-state index contributed by atoms with van der Waals surface area (Å²) in [6, 6.07) is 10.6. The topological polar surface area (TPSA) is 70.5 Å². The zero-order chi connectivity index (χ0) is 14.8. The summed E-state index contributed by atoms with van der Waals surface area (Å²) in [4.78, 5) is 25.5. The van der Waals surface area contributed by atoms with Gasteiger partial charge in [0.25, 0.3) is 5.91 Å². The van der Waals surface area contributed by atoms with E-state index < -0.39 is 12.0 Å². The van der Waals surface area contributed by atoms with Crippen molar-refractivity contribution >= 4 is 23.4 Å². The molecule has 1 aromatic heterocycles. The molecule has 1 N–H and O–H groups in total. The molecule has 0 saturated carbocycles. The van der Waals surface area contributed by atoms with Crippen LogP contribution in [0.25, 0.3) is 11.3 Å². The fourth-order valence-corrected chi connectivity index (χ4v) is 3.24. The second-order valence-corrected chi connectivity index (χ2v) is 5.74. The van der Waals surface area contributed by atoms with Crippen molar-refractivity contribution in [3.63, 3.8) is 0 Å². The van der Waals surface area contributed by atoms with E-state index in [9.17, 15) is 9.59 Å². The molecule has 3 rings (SSSR count). The summed E-state index contributed by atoms with van der Waals surface area (Å²) < 4.78 is 4.30. The van der Waals surface area contributed by atoms with Gasteiger partial charge in [-0.2, -0.15) is 4.37 Å². The summed E-state index contributed by atoms with van der Waals surface area (Å²) in [7, 11) is 0. The van der Waals surface area contributed by atoms with Crippen molar-refractivity contribution in [1.82, 2.24) is 9.27 Å². The van der Waals surface area contributed by atoms with Gasteiger partial charge in [0.2, 0.25) is 0 Å². The van der Waals surface area contributed by atoms with Crippen LogP contribution in [-0.2, 0) is 4.79 Å². The Hall–Kier alpha value is -2.21. The molecular formula is C15H14N2O3S. The summed E-state index contributed by atoms with van der Waals surface area (Å²) >= 11 is 1.12. The van der Waals surface area contributed by atoms with Crippen LogP contribution in [0.1, 0.15) is 22.5 Å². The van der Waals surface area contributed by atoms with Gasteiger partial charge in [-0.25, -0.2) is 4.79 Å². The Bertz CT molecular complexity index is 669. The van der Waals surface area contributed by atoms with Gasteiger partial charge in [-0.05, 0) is 30.4 Å². The molecule has 0 spiro atoms. The Labute approximate surface area is 126 Å². The molecule has 5 nitrogen and oxygen atoms in total. The van der Waals surface area contributed by atoms with Crippen molar-refractivity contribution < 1.29 is 14.7 Å². The molecule has 6 heteroatoms. The van der Waals surface area contributed by atoms with Crippen LogP contribution in [-0.4, -0.2) is 38.8 Å². The molecule has 2 aromatic rings. The lowest BCUT2D eigenvalue weighted by Crippen LogP contribution is -2.40. The summed E-state index contributed by atoms with van der Waals surface area (Å²) in [5, 5.41) is 9.16. The number of aliphatic carboxylic acids is 1. The lowest BCUT2D eigenvalue weighted by Gasteiger charge is -2.20. The number of benzene rings is 1. The van der Waals surface area contributed by atoms with Gasteiger partial charge in [0.1, 0.15) is 10.9 Å². The fraction of sp³-hybridized carbons (Fsp3) is 0.267. The predicted molar refractivity (Wildman–Crippen MR) is 79.2 cm³/mol. The first-order valence-corrected chi connectivity index (χ1v) is 7.50. The first-order chi connectivity index (χ1) is 10.2. The zero-order valence-corrected chi connectivity index (χ0v) is 12.0. The normalized spacial score (nSPS) is 17.9. The molecule has 2 heterocycles. The summed E-state index contributed by atoms with van der Waals surface area (Å²) in [6.45, 7) is 0.494. The summed E-state index contributed by atoms with van der Waals surface area (Å²) in [5.74, 6) is -1.17. The molecule has 0 bridgehead atoms. The Balaban J connectivity index is 1.83. The molecule has 1 aromatic carbocycles. The molecule has 1 amide bonds. The molecule has 21 heavy (non-hydrogen) atoms. The number of carbonyl (C=O) groups is 2. The van der Waals surface area contributed by atoms with Crippen LogP contribution < -0.4 is 0 Å². The third-order valence-corrected chi connectivity index (χ3v) is 4.37. The third kappa shape index (κ3) is 2.67. The van der Waals surface area contributed by atoms with Gasteiger partial charge >= 0.3 is 5.97 Å². The lowest BCUT2D eigenvalue weighted by atomic mass is 10.1. The number of hydrogen-bond acceptors (Lipinski definition) is 4. The first kappa shape index (κ1) is 13.8. The van der Waals surface area contributed by atoms with Gasteiger partial charge < -0.3 is 10.0 Å². The minimum atomic E-state index is -0.936. The van der Waals surface area contributed by atoms with E-state index in [-0.39, 0.29) is 5.91 Å². The van der Waals surface area contributed by atoms with Gasteiger partial charge in [-0.3, -0.25) is 4.79 Å². The van der Waals surface area contributed by atoms with E-state index in [0.29, 0.717) is 17.8 Å². The Morgan fingerprint density at radius 2 is 2.05 bits per heavy atom. The highest BCUT2D eigenvalue weighted by Gasteiger charge is 2.35. The maximum atomic E-state index is 12.4. The van der Waals surface area contributed by atoms with Gasteiger partial charge in [0.15, 0.2) is 0 Å². The minimum absolute atomic E-state index is 0.236. The molecule has 0 aliphatic carbocycles. The summed E-state index contributed by atoms with van der Waals surface area (Å²) in [5.41, 5.74) is 1.69. The number of nitrogens with zero attached hydrogens (tertiary/aromatic N) is 2. The van der Waals surface area contributed by atoms with E-state index in [1.54, 1.807) is 6.07 Å². The standard InChI is InChI=1S/C15H14N2O3S/c18-14(17-8-4-7-12(17)15(19)20)13-9-11(16-21-13)10-5-2-1-3-6-10/h1-3,5-6,9,12H,4,7-8H2,(H,19,20)/t12-/m1/s1. The number of carboxylic acid groups (broad SMARTS) is 1. The third-order valence-electron chi connectivity index (χ3n) is 3.59. The van der Waals surface area contributed by atoms with E-state index in [0.717, 1.165) is 29.2 Å². The lowest BCUT2D eigenvalue weighted by molar-refractivity contribution is -0.141. The SMILES string of the molecule is O=C(O)[C@H]1CCCN1C(=O)c1cc(-c2ccccc2)ns1. The Morgan fingerprint density at radius 3 is 2.76 bits per heavy atom. The van der Waals surface area contributed by atoms with Crippen molar-refractivity contribution in [2.75, 3.05) is 6.54 Å². The van der Waals surface area contributed by atoms with E-state index in [1.807, 2.05) is 30.3 Å². The number of hydrogen-bond donors (Lipinski definition) is 1. The summed E-state index contributed by atoms with van der Waals surface area (Å²) in [6.07, 6.45) is 1.25. The average molecular weight is 302 g/mol. The first-order valence-electron chi connectivity index (χ1n) is 6.73. The van der Waals surface area contributed by atoms with Crippen molar-refractivity contribution in [1.29, 1.82) is 0 Å². The number of likely N-dealkylation sites (tertiary alicyclic amines) is 1. The van der Waals surface area contributed by atoms with Gasteiger partial charge in [0.05, 0.1) is 5.69 Å². The number of amides is 1. The largest absolute Gasteiger partial charge is 0.480 e. The van der Waals surface area contributed by atoms with Gasteiger partial charge in [-0.1, -0.05) is 30.3 Å². The van der Waals surface area contributed by atoms with Crippen LogP contribution in [0.3, 0.4) is 0 Å². The van der Waals surface area contributed by atoms with Crippen LogP contribution in [0.5, 0.6) is 0 Å². The molecule has 0 radical (unpaired) electrons.